The number of aryl methyl sites for hydroxylation is 3. The molecule has 1 aromatic heterocycles. The minimum absolute atomic E-state index is 0.291. The predicted molar refractivity (Wildman–Crippen MR) is 198 cm³/mol. The molecule has 3 heteroatoms. The van der Waals surface area contributed by atoms with E-state index >= 15 is 0 Å². The van der Waals surface area contributed by atoms with Crippen molar-refractivity contribution in [1.29, 1.82) is 0 Å². The minimum atomic E-state index is -0.577. The molecule has 2 atom stereocenters. The zero-order valence-corrected chi connectivity index (χ0v) is 30.0. The highest BCUT2D eigenvalue weighted by molar-refractivity contribution is 6.02. The molecule has 0 saturated heterocycles. The van der Waals surface area contributed by atoms with E-state index in [1.165, 1.54) is 67.2 Å². The number of para-hydroxylation sites is 2. The van der Waals surface area contributed by atoms with Crippen LogP contribution in [0.25, 0.3) is 16.7 Å². The molecule has 0 radical (unpaired) electrons. The first-order chi connectivity index (χ1) is 22.4. The van der Waals surface area contributed by atoms with E-state index in [0.29, 0.717) is 11.8 Å². The SMILES string of the molecule is C=C/C=C\C(=[N+](C)C(C)(C)c1ccccc1C)C(C)(c1ccccc1C)c1n(C)c2cccc3c2[n+]1-c1c(C(C)C)cccc1C3C. The average Bonchev–Trinajstić information content (AvgIpc) is 3.36. The molecule has 0 spiro atoms. The summed E-state index contributed by atoms with van der Waals surface area (Å²) in [6.07, 6.45) is 6.31. The van der Waals surface area contributed by atoms with Crippen molar-refractivity contribution in [3.8, 4) is 5.69 Å². The number of benzene rings is 4. The summed E-state index contributed by atoms with van der Waals surface area (Å²) in [4.78, 5) is 0. The van der Waals surface area contributed by atoms with Crippen LogP contribution in [0.5, 0.6) is 0 Å². The highest BCUT2D eigenvalue weighted by atomic mass is 15.2. The van der Waals surface area contributed by atoms with Crippen molar-refractivity contribution < 1.29 is 9.14 Å². The van der Waals surface area contributed by atoms with Crippen molar-refractivity contribution in [2.45, 2.75) is 78.2 Å². The maximum Gasteiger partial charge on any atom is 0.283 e. The summed E-state index contributed by atoms with van der Waals surface area (Å²) in [5, 5.41) is 0. The number of fused-ring (bicyclic) bond motifs is 2. The summed E-state index contributed by atoms with van der Waals surface area (Å²) in [6, 6.07) is 31.5. The van der Waals surface area contributed by atoms with Gasteiger partial charge in [0.1, 0.15) is 12.7 Å². The molecule has 1 aliphatic heterocycles. The first-order valence-electron chi connectivity index (χ1n) is 17.1. The molecule has 0 bridgehead atoms. The molecule has 2 unspecified atom stereocenters. The van der Waals surface area contributed by atoms with Gasteiger partial charge in [-0.25, -0.2) is 9.14 Å². The van der Waals surface area contributed by atoms with Gasteiger partial charge < -0.3 is 0 Å². The Kier molecular flexibility index (Phi) is 8.24. The molecule has 0 aliphatic carbocycles. The van der Waals surface area contributed by atoms with Gasteiger partial charge in [0.2, 0.25) is 0 Å². The second kappa shape index (κ2) is 11.9. The van der Waals surface area contributed by atoms with Crippen LogP contribution in [0, 0.1) is 13.8 Å². The highest BCUT2D eigenvalue weighted by Crippen LogP contribution is 2.44. The van der Waals surface area contributed by atoms with Crippen LogP contribution < -0.4 is 4.57 Å². The van der Waals surface area contributed by atoms with E-state index in [4.69, 9.17) is 0 Å². The van der Waals surface area contributed by atoms with E-state index < -0.39 is 5.41 Å². The smallest absolute Gasteiger partial charge is 0.228 e. The van der Waals surface area contributed by atoms with Crippen molar-refractivity contribution in [1.82, 2.24) is 4.57 Å². The second-order valence-corrected chi connectivity index (χ2v) is 14.4. The van der Waals surface area contributed by atoms with Gasteiger partial charge in [-0.05, 0) is 49.4 Å². The Bertz CT molecular complexity index is 2080. The summed E-state index contributed by atoms with van der Waals surface area (Å²) >= 11 is 0. The Labute approximate surface area is 282 Å². The first kappa shape index (κ1) is 32.4. The van der Waals surface area contributed by atoms with Gasteiger partial charge in [0, 0.05) is 48.1 Å². The molecular formula is C44H51N3+2. The minimum Gasteiger partial charge on any atom is -0.228 e. The van der Waals surface area contributed by atoms with Crippen LogP contribution in [0.3, 0.4) is 0 Å². The Balaban J connectivity index is 1.85. The summed E-state index contributed by atoms with van der Waals surface area (Å²) in [7, 11) is 4.54. The molecule has 4 aromatic carbocycles. The number of rotatable bonds is 8. The molecule has 1 aliphatic rings. The van der Waals surface area contributed by atoms with Crippen molar-refractivity contribution >= 4 is 16.7 Å². The van der Waals surface area contributed by atoms with Gasteiger partial charge in [0.15, 0.2) is 27.7 Å². The number of hydrogen-bond donors (Lipinski definition) is 0. The zero-order chi connectivity index (χ0) is 33.8. The standard InChI is InChI=1S/C44H51N3/c1-12-13-28-39(46(11)43(7,8)36-25-16-14-20-30(36)4)44(9,37-26-17-15-21-31(37)5)42-45(10)38-27-19-24-35-32(6)34-23-18-22-33(29(2)3)40(34)47(42)41(35)38/h12-29,32H,1H2,2-11H3/q+2/b28-13-,46-39?. The number of imidazole rings is 1. The number of allylic oxidation sites excluding steroid dienone is 3. The van der Waals surface area contributed by atoms with Crippen LogP contribution in [0.15, 0.2) is 110 Å². The molecule has 5 aromatic rings. The topological polar surface area (TPSA) is 11.8 Å². The van der Waals surface area contributed by atoms with Gasteiger partial charge in [-0.2, -0.15) is 4.57 Å². The quantitative estimate of drug-likeness (QED) is 0.0929. The van der Waals surface area contributed by atoms with E-state index in [1.807, 2.05) is 6.08 Å². The van der Waals surface area contributed by atoms with Gasteiger partial charge >= 0.3 is 0 Å². The molecule has 47 heavy (non-hydrogen) atoms. The molecular weight excluding hydrogens is 571 g/mol. The molecule has 0 N–H and O–H groups in total. The lowest BCUT2D eigenvalue weighted by molar-refractivity contribution is -0.594. The monoisotopic (exact) mass is 621 g/mol. The Morgan fingerprint density at radius 1 is 0.851 bits per heavy atom. The summed E-state index contributed by atoms with van der Waals surface area (Å²) in [6.45, 7) is 22.8. The zero-order valence-electron chi connectivity index (χ0n) is 30.0. The molecule has 0 amide bonds. The molecule has 2 heterocycles. The fourth-order valence-electron chi connectivity index (χ4n) is 8.40. The van der Waals surface area contributed by atoms with Gasteiger partial charge in [-0.15, -0.1) is 0 Å². The third kappa shape index (κ3) is 4.85. The van der Waals surface area contributed by atoms with Crippen molar-refractivity contribution in [2.75, 3.05) is 7.05 Å². The largest absolute Gasteiger partial charge is 0.283 e. The van der Waals surface area contributed by atoms with Crippen molar-refractivity contribution in [3.63, 3.8) is 0 Å². The molecule has 240 valence electrons. The van der Waals surface area contributed by atoms with E-state index in [0.717, 1.165) is 0 Å². The third-order valence-electron chi connectivity index (χ3n) is 11.1. The molecule has 0 saturated carbocycles. The average molecular weight is 622 g/mol. The van der Waals surface area contributed by atoms with Crippen molar-refractivity contribution in [2.24, 2.45) is 7.05 Å². The third-order valence-corrected chi connectivity index (χ3v) is 11.1. The maximum atomic E-state index is 4.12. The van der Waals surface area contributed by atoms with E-state index in [-0.39, 0.29) is 5.54 Å². The normalized spacial score (nSPS) is 16.4. The van der Waals surface area contributed by atoms with Crippen LogP contribution in [0.2, 0.25) is 0 Å². The van der Waals surface area contributed by atoms with E-state index in [9.17, 15) is 0 Å². The van der Waals surface area contributed by atoms with Gasteiger partial charge in [-0.3, -0.25) is 0 Å². The highest BCUT2D eigenvalue weighted by Gasteiger charge is 2.53. The van der Waals surface area contributed by atoms with E-state index in [1.54, 1.807) is 0 Å². The number of hydrogen-bond acceptors (Lipinski definition) is 0. The van der Waals surface area contributed by atoms with Gasteiger partial charge in [0.05, 0.1) is 7.05 Å². The first-order valence-corrected chi connectivity index (χ1v) is 17.1. The molecule has 6 rings (SSSR count). The Hall–Kier alpha value is -4.50. The van der Waals surface area contributed by atoms with Crippen LogP contribution >= 0.6 is 0 Å². The van der Waals surface area contributed by atoms with Gasteiger partial charge in [-0.1, -0.05) is 118 Å². The fourth-order valence-corrected chi connectivity index (χ4v) is 8.40. The Morgan fingerprint density at radius 3 is 2.06 bits per heavy atom. The molecule has 3 nitrogen and oxygen atoms in total. The van der Waals surface area contributed by atoms with Crippen molar-refractivity contribution in [3.05, 3.63) is 155 Å². The fraction of sp³-hybridized carbons (Fsp3) is 0.318. The summed E-state index contributed by atoms with van der Waals surface area (Å²) < 4.78 is 7.62. The summed E-state index contributed by atoms with van der Waals surface area (Å²) in [5.74, 6) is 1.90. The number of aromatic nitrogens is 2. The summed E-state index contributed by atoms with van der Waals surface area (Å²) in [5.41, 5.74) is 13.5. The van der Waals surface area contributed by atoms with Gasteiger partial charge in [0.25, 0.3) is 5.82 Å². The van der Waals surface area contributed by atoms with E-state index in [2.05, 4.69) is 187 Å². The predicted octanol–water partition coefficient (Wildman–Crippen LogP) is 9.73. The second-order valence-electron chi connectivity index (χ2n) is 14.4. The van der Waals surface area contributed by atoms with Crippen LogP contribution in [0.4, 0.5) is 0 Å². The number of nitrogens with zero attached hydrogens (tertiary/aromatic N) is 3. The molecule has 0 fully saturated rings. The lowest BCUT2D eigenvalue weighted by Gasteiger charge is -2.33. The van der Waals surface area contributed by atoms with Crippen LogP contribution in [0.1, 0.15) is 98.1 Å². The van der Waals surface area contributed by atoms with Crippen LogP contribution in [-0.4, -0.2) is 21.9 Å². The maximum absolute atomic E-state index is 4.12. The lowest BCUT2D eigenvalue weighted by atomic mass is 9.73. The van der Waals surface area contributed by atoms with Crippen LogP contribution in [-0.2, 0) is 18.0 Å². The lowest BCUT2D eigenvalue weighted by Crippen LogP contribution is -2.53. The Morgan fingerprint density at radius 2 is 1.45 bits per heavy atom.